The van der Waals surface area contributed by atoms with E-state index in [-0.39, 0.29) is 23.6 Å². The van der Waals surface area contributed by atoms with E-state index >= 15 is 0 Å². The van der Waals surface area contributed by atoms with E-state index in [1.54, 1.807) is 12.3 Å². The summed E-state index contributed by atoms with van der Waals surface area (Å²) < 4.78 is 0. The van der Waals surface area contributed by atoms with Crippen LogP contribution in [0.5, 0.6) is 0 Å². The number of rotatable bonds is 5. The lowest BCUT2D eigenvalue weighted by Crippen LogP contribution is -2.52. The summed E-state index contributed by atoms with van der Waals surface area (Å²) in [6.07, 6.45) is 3.17. The van der Waals surface area contributed by atoms with E-state index < -0.39 is 6.04 Å². The summed E-state index contributed by atoms with van der Waals surface area (Å²) in [6, 6.07) is 11.7. The predicted molar refractivity (Wildman–Crippen MR) is 157 cm³/mol. The molecule has 0 N–H and O–H groups in total. The molecule has 0 aliphatic carbocycles. The third-order valence-corrected chi connectivity index (χ3v) is 9.54. The van der Waals surface area contributed by atoms with Gasteiger partial charge in [0.2, 0.25) is 5.91 Å². The van der Waals surface area contributed by atoms with Crippen molar-refractivity contribution in [3.8, 4) is 0 Å². The van der Waals surface area contributed by atoms with E-state index in [0.29, 0.717) is 24.2 Å². The number of fused-ring (bicyclic) bond motifs is 1. The summed E-state index contributed by atoms with van der Waals surface area (Å²) in [5, 5.41) is 2.59. The van der Waals surface area contributed by atoms with Crippen molar-refractivity contribution in [2.75, 3.05) is 49.1 Å². The van der Waals surface area contributed by atoms with Gasteiger partial charge in [0.25, 0.3) is 11.8 Å². The Morgan fingerprint density at radius 3 is 2.33 bits per heavy atom. The lowest BCUT2D eigenvalue weighted by molar-refractivity contribution is -0.136. The molecule has 1 atom stereocenters. The molecule has 8 nitrogen and oxygen atoms in total. The second-order valence-electron chi connectivity index (χ2n) is 11.1. The zero-order valence-electron chi connectivity index (χ0n) is 23.3. The first-order valence-electron chi connectivity index (χ1n) is 14.1. The van der Waals surface area contributed by atoms with Crippen LogP contribution in [0.25, 0.3) is 0 Å². The molecule has 2 aromatic carbocycles. The average Bonchev–Trinajstić information content (AvgIpc) is 3.60. The van der Waals surface area contributed by atoms with Crippen molar-refractivity contribution in [1.29, 1.82) is 0 Å². The maximum atomic E-state index is 13.5. The summed E-state index contributed by atoms with van der Waals surface area (Å²) in [6.45, 7) is 10.6. The summed E-state index contributed by atoms with van der Waals surface area (Å²) in [4.78, 5) is 52.5. The number of carbonyl (C=O) groups excluding carboxylic acids is 3. The second-order valence-corrected chi connectivity index (χ2v) is 12.0. The molecule has 3 aliphatic rings. The van der Waals surface area contributed by atoms with Gasteiger partial charge in [-0.1, -0.05) is 23.8 Å². The first-order chi connectivity index (χ1) is 19.3. The Kier molecular flexibility index (Phi) is 7.08. The molecule has 2 saturated heterocycles. The van der Waals surface area contributed by atoms with Crippen LogP contribution in [0.3, 0.4) is 0 Å². The molecule has 0 saturated carbocycles. The Labute approximate surface area is 239 Å². The molecular weight excluding hydrogens is 522 g/mol. The highest BCUT2D eigenvalue weighted by Gasteiger charge is 2.42. The Balaban J connectivity index is 1.09. The van der Waals surface area contributed by atoms with Gasteiger partial charge in [-0.3, -0.25) is 19.3 Å². The summed E-state index contributed by atoms with van der Waals surface area (Å²) in [5.41, 5.74) is 5.52. The topological polar surface area (TPSA) is 77.1 Å². The Bertz CT molecular complexity index is 1440. The molecule has 9 heteroatoms. The standard InChI is InChI=1S/C31H35N5O3S/c1-20-7-8-25(21(2)19-20)34-14-16-35(17-15-34)29(37)23-9-12-33(13-10-23)26-6-4-5-24-27(26)31(39)36(30(24)38)22(3)28-32-11-18-40-28/h4-8,11,18-19,22-23H,9-10,12-17H2,1-3H3. The van der Waals surface area contributed by atoms with E-state index in [1.807, 2.05) is 29.3 Å². The molecule has 0 spiro atoms. The van der Waals surface area contributed by atoms with Gasteiger partial charge in [0.1, 0.15) is 5.01 Å². The smallest absolute Gasteiger partial charge is 0.264 e. The molecule has 3 aromatic rings. The van der Waals surface area contributed by atoms with Gasteiger partial charge in [0.05, 0.1) is 22.9 Å². The maximum absolute atomic E-state index is 13.5. The van der Waals surface area contributed by atoms with Gasteiger partial charge in [-0.05, 0) is 57.4 Å². The van der Waals surface area contributed by atoms with Crippen molar-refractivity contribution in [2.24, 2.45) is 5.92 Å². The molecule has 3 aliphatic heterocycles. The van der Waals surface area contributed by atoms with Gasteiger partial charge in [0.15, 0.2) is 0 Å². The third-order valence-electron chi connectivity index (χ3n) is 8.59. The van der Waals surface area contributed by atoms with Crippen LogP contribution in [0.15, 0.2) is 48.0 Å². The van der Waals surface area contributed by atoms with E-state index in [1.165, 1.54) is 33.1 Å². The SMILES string of the molecule is Cc1ccc(N2CCN(C(=O)C3CCN(c4cccc5c4C(=O)N(C(C)c4nccs4)C5=O)CC3)CC2)c(C)c1. The highest BCUT2D eigenvalue weighted by atomic mass is 32.1. The van der Waals surface area contributed by atoms with Gasteiger partial charge < -0.3 is 14.7 Å². The van der Waals surface area contributed by atoms with Crippen LogP contribution in [0, 0.1) is 19.8 Å². The monoisotopic (exact) mass is 557 g/mol. The van der Waals surface area contributed by atoms with Crippen molar-refractivity contribution in [2.45, 2.75) is 39.7 Å². The summed E-state index contributed by atoms with van der Waals surface area (Å²) in [7, 11) is 0. The third kappa shape index (κ3) is 4.66. The number of imide groups is 1. The maximum Gasteiger partial charge on any atom is 0.264 e. The van der Waals surface area contributed by atoms with E-state index in [0.717, 1.165) is 49.7 Å². The molecule has 1 aromatic heterocycles. The quantitative estimate of drug-likeness (QED) is 0.424. The van der Waals surface area contributed by atoms with Crippen LogP contribution < -0.4 is 9.80 Å². The molecule has 208 valence electrons. The second kappa shape index (κ2) is 10.7. The highest BCUT2D eigenvalue weighted by Crippen LogP contribution is 2.38. The lowest BCUT2D eigenvalue weighted by Gasteiger charge is -2.40. The normalized spacial score (nSPS) is 18.9. The summed E-state index contributed by atoms with van der Waals surface area (Å²) >= 11 is 1.44. The zero-order valence-corrected chi connectivity index (χ0v) is 24.1. The predicted octanol–water partition coefficient (Wildman–Crippen LogP) is 4.68. The van der Waals surface area contributed by atoms with Crippen molar-refractivity contribution in [3.05, 3.63) is 75.2 Å². The van der Waals surface area contributed by atoms with Crippen LogP contribution in [-0.2, 0) is 4.79 Å². The molecular formula is C31H35N5O3S. The molecule has 3 amide bonds. The Morgan fingerprint density at radius 1 is 0.925 bits per heavy atom. The minimum Gasteiger partial charge on any atom is -0.371 e. The van der Waals surface area contributed by atoms with Gasteiger partial charge in [-0.2, -0.15) is 0 Å². The first kappa shape index (κ1) is 26.5. The Morgan fingerprint density at radius 2 is 1.65 bits per heavy atom. The number of thiazole rings is 1. The number of hydrogen-bond donors (Lipinski definition) is 0. The van der Waals surface area contributed by atoms with Crippen LogP contribution >= 0.6 is 11.3 Å². The highest BCUT2D eigenvalue weighted by molar-refractivity contribution is 7.09. The molecule has 6 rings (SSSR count). The number of hydrogen-bond acceptors (Lipinski definition) is 7. The number of aromatic nitrogens is 1. The number of nitrogens with zero attached hydrogens (tertiary/aromatic N) is 5. The van der Waals surface area contributed by atoms with Crippen LogP contribution in [0.1, 0.15) is 62.7 Å². The summed E-state index contributed by atoms with van der Waals surface area (Å²) in [5.74, 6) is -0.305. The van der Waals surface area contributed by atoms with Gasteiger partial charge in [-0.15, -0.1) is 11.3 Å². The minimum absolute atomic E-state index is 0.0144. The van der Waals surface area contributed by atoms with E-state index in [2.05, 4.69) is 46.8 Å². The van der Waals surface area contributed by atoms with Crippen LogP contribution in [0.4, 0.5) is 11.4 Å². The van der Waals surface area contributed by atoms with E-state index in [9.17, 15) is 14.4 Å². The lowest BCUT2D eigenvalue weighted by atomic mass is 9.93. The van der Waals surface area contributed by atoms with Crippen molar-refractivity contribution >= 4 is 40.4 Å². The van der Waals surface area contributed by atoms with Crippen molar-refractivity contribution in [1.82, 2.24) is 14.8 Å². The number of anilines is 2. The van der Waals surface area contributed by atoms with Gasteiger partial charge in [-0.25, -0.2) is 4.98 Å². The number of piperidine rings is 1. The Hall–Kier alpha value is -3.72. The molecule has 2 fully saturated rings. The average molecular weight is 558 g/mol. The fourth-order valence-electron chi connectivity index (χ4n) is 6.41. The molecule has 0 radical (unpaired) electrons. The number of aryl methyl sites for hydroxylation is 2. The number of amides is 3. The molecule has 40 heavy (non-hydrogen) atoms. The van der Waals surface area contributed by atoms with Gasteiger partial charge in [0, 0.05) is 62.5 Å². The zero-order chi connectivity index (χ0) is 28.0. The minimum atomic E-state index is -0.418. The molecule has 1 unspecified atom stereocenters. The van der Waals surface area contributed by atoms with Gasteiger partial charge >= 0.3 is 0 Å². The molecule has 0 bridgehead atoms. The van der Waals surface area contributed by atoms with Crippen LogP contribution in [-0.4, -0.2) is 71.8 Å². The number of benzene rings is 2. The van der Waals surface area contributed by atoms with Crippen molar-refractivity contribution < 1.29 is 14.4 Å². The first-order valence-corrected chi connectivity index (χ1v) is 15.0. The van der Waals surface area contributed by atoms with Crippen molar-refractivity contribution in [3.63, 3.8) is 0 Å². The fraction of sp³-hybridized carbons (Fsp3) is 0.419. The van der Waals surface area contributed by atoms with Crippen LogP contribution in [0.2, 0.25) is 0 Å². The largest absolute Gasteiger partial charge is 0.371 e. The fourth-order valence-corrected chi connectivity index (χ4v) is 7.09. The van der Waals surface area contributed by atoms with E-state index in [4.69, 9.17) is 0 Å². The number of piperazine rings is 1. The molecule has 4 heterocycles. The number of carbonyl (C=O) groups is 3.